The van der Waals surface area contributed by atoms with Crippen LogP contribution in [0.15, 0.2) is 54.9 Å². The van der Waals surface area contributed by atoms with Crippen LogP contribution in [0.4, 0.5) is 11.6 Å². The monoisotopic (exact) mass is 440 g/mol. The molecule has 0 amide bonds. The Morgan fingerprint density at radius 2 is 1.91 bits per heavy atom. The van der Waals surface area contributed by atoms with Gasteiger partial charge in [0.2, 0.25) is 5.95 Å². The second-order valence-corrected chi connectivity index (χ2v) is 8.73. The third kappa shape index (κ3) is 5.12. The van der Waals surface area contributed by atoms with Crippen LogP contribution in [0.25, 0.3) is 0 Å². The number of ether oxygens (including phenoxy) is 1. The topological polar surface area (TPSA) is 87.0 Å². The van der Waals surface area contributed by atoms with Crippen molar-refractivity contribution in [3.05, 3.63) is 71.8 Å². The van der Waals surface area contributed by atoms with Gasteiger partial charge in [0.1, 0.15) is 17.5 Å². The minimum absolute atomic E-state index is 0.243. The van der Waals surface area contributed by atoms with Gasteiger partial charge in [-0.25, -0.2) is 15.0 Å². The predicted molar refractivity (Wildman–Crippen MR) is 126 cm³/mol. The molecule has 7 heteroatoms. The zero-order valence-electron chi connectivity index (χ0n) is 18.7. The molecule has 1 N–H and O–H groups in total. The lowest BCUT2D eigenvalue weighted by molar-refractivity contribution is 0.198. The smallest absolute Gasteiger partial charge is 0.227 e. The first-order valence-electron chi connectivity index (χ1n) is 11.7. The minimum atomic E-state index is 0.243. The van der Waals surface area contributed by atoms with Crippen LogP contribution >= 0.6 is 0 Å². The van der Waals surface area contributed by atoms with E-state index in [2.05, 4.69) is 44.5 Å². The summed E-state index contributed by atoms with van der Waals surface area (Å²) in [5, 5.41) is 12.1. The zero-order valence-corrected chi connectivity index (χ0v) is 18.7. The number of anilines is 2. The van der Waals surface area contributed by atoms with Crippen LogP contribution in [0.2, 0.25) is 0 Å². The van der Waals surface area contributed by atoms with Gasteiger partial charge in [0.25, 0.3) is 0 Å². The first-order valence-corrected chi connectivity index (χ1v) is 11.7. The molecule has 168 valence electrons. The number of likely N-dealkylation sites (tertiary alicyclic amines) is 1. The molecular formula is C26H28N6O. The Hall–Kier alpha value is -3.50. The number of nitrogens with zero attached hydrogens (tertiary/aromatic N) is 5. The molecule has 1 saturated heterocycles. The highest BCUT2D eigenvalue weighted by Gasteiger charge is 2.28. The number of hydrogen-bond acceptors (Lipinski definition) is 7. The van der Waals surface area contributed by atoms with Gasteiger partial charge in [-0.05, 0) is 69.3 Å². The number of nitrogens with one attached hydrogen (secondary N) is 1. The van der Waals surface area contributed by atoms with Crippen molar-refractivity contribution in [3.63, 3.8) is 0 Å². The molecule has 3 heterocycles. The molecule has 1 aliphatic heterocycles. The quantitative estimate of drug-likeness (QED) is 0.544. The van der Waals surface area contributed by atoms with Crippen molar-refractivity contribution >= 4 is 11.6 Å². The van der Waals surface area contributed by atoms with Crippen LogP contribution in [0.5, 0.6) is 5.75 Å². The summed E-state index contributed by atoms with van der Waals surface area (Å²) in [6, 6.07) is 16.2. The van der Waals surface area contributed by atoms with Crippen molar-refractivity contribution in [2.24, 2.45) is 0 Å². The Morgan fingerprint density at radius 3 is 2.73 bits per heavy atom. The fourth-order valence-electron chi connectivity index (χ4n) is 4.79. The van der Waals surface area contributed by atoms with E-state index in [4.69, 9.17) is 15.0 Å². The van der Waals surface area contributed by atoms with Crippen LogP contribution in [0.1, 0.15) is 61.5 Å². The summed E-state index contributed by atoms with van der Waals surface area (Å²) in [5.74, 6) is 1.56. The van der Waals surface area contributed by atoms with Gasteiger partial charge in [-0.15, -0.1) is 0 Å². The van der Waals surface area contributed by atoms with Gasteiger partial charge in [-0.2, -0.15) is 5.26 Å². The first kappa shape index (κ1) is 21.4. The lowest BCUT2D eigenvalue weighted by Crippen LogP contribution is -2.24. The van der Waals surface area contributed by atoms with Gasteiger partial charge in [0, 0.05) is 18.3 Å². The summed E-state index contributed by atoms with van der Waals surface area (Å²) in [4.78, 5) is 15.8. The molecule has 7 nitrogen and oxygen atoms in total. The molecular weight excluding hydrogens is 412 g/mol. The van der Waals surface area contributed by atoms with E-state index < -0.39 is 0 Å². The molecule has 2 fully saturated rings. The summed E-state index contributed by atoms with van der Waals surface area (Å²) in [7, 11) is 0. The van der Waals surface area contributed by atoms with E-state index >= 15 is 0 Å². The highest BCUT2D eigenvalue weighted by Crippen LogP contribution is 2.35. The Labute approximate surface area is 194 Å². The molecule has 1 saturated carbocycles. The van der Waals surface area contributed by atoms with E-state index in [0.29, 0.717) is 17.7 Å². The first-order chi connectivity index (χ1) is 16.3. The fraction of sp³-hybridized carbons (Fsp3) is 0.385. The van der Waals surface area contributed by atoms with Crippen molar-refractivity contribution in [3.8, 4) is 11.8 Å². The molecule has 3 aromatic rings. The summed E-state index contributed by atoms with van der Waals surface area (Å²) in [6.07, 6.45) is 10.8. The second kappa shape index (κ2) is 9.97. The van der Waals surface area contributed by atoms with Crippen molar-refractivity contribution in [1.82, 2.24) is 19.9 Å². The molecule has 0 spiro atoms. The van der Waals surface area contributed by atoms with E-state index in [1.807, 2.05) is 18.2 Å². The number of hydrogen-bond donors (Lipinski definition) is 1. The summed E-state index contributed by atoms with van der Waals surface area (Å²) in [6.45, 7) is 1.88. The Balaban J connectivity index is 1.30. The molecule has 5 rings (SSSR count). The largest absolute Gasteiger partial charge is 0.490 e. The van der Waals surface area contributed by atoms with Crippen LogP contribution in [0.3, 0.4) is 0 Å². The van der Waals surface area contributed by atoms with Gasteiger partial charge >= 0.3 is 0 Å². The molecule has 1 atom stereocenters. The van der Waals surface area contributed by atoms with Gasteiger partial charge < -0.3 is 10.1 Å². The molecule has 33 heavy (non-hydrogen) atoms. The lowest BCUT2D eigenvalue weighted by atomic mass is 10.1. The Bertz CT molecular complexity index is 1120. The second-order valence-electron chi connectivity index (χ2n) is 8.73. The number of pyridine rings is 1. The number of nitriles is 1. The third-order valence-electron chi connectivity index (χ3n) is 6.46. The highest BCUT2D eigenvalue weighted by atomic mass is 16.5. The van der Waals surface area contributed by atoms with E-state index in [9.17, 15) is 0 Å². The van der Waals surface area contributed by atoms with E-state index in [0.717, 1.165) is 55.9 Å². The number of aromatic nitrogens is 3. The summed E-state index contributed by atoms with van der Waals surface area (Å²) < 4.78 is 6.37. The maximum absolute atomic E-state index is 8.92. The zero-order chi connectivity index (χ0) is 22.5. The van der Waals surface area contributed by atoms with Gasteiger partial charge in [-0.1, -0.05) is 18.2 Å². The predicted octanol–water partition coefficient (Wildman–Crippen LogP) is 5.15. The SMILES string of the molecule is N#Cc1ccc(Nc2nccc(C3CCCN3Cc3ccccc3OC3CCCC3)n2)cn1. The van der Waals surface area contributed by atoms with Gasteiger partial charge in [-0.3, -0.25) is 4.90 Å². The standard InChI is InChI=1S/C26H28N6O/c27-16-20-11-12-21(17-29-20)30-26-28-14-13-23(31-26)24-9-5-15-32(24)18-19-6-1-4-10-25(19)33-22-7-2-3-8-22/h1,4,6,10-14,17,22,24H,2-3,5,7-9,15,18H2,(H,28,30,31). The lowest BCUT2D eigenvalue weighted by Gasteiger charge is -2.26. The summed E-state index contributed by atoms with van der Waals surface area (Å²) in [5.41, 5.74) is 3.40. The van der Waals surface area contributed by atoms with Crippen molar-refractivity contribution in [2.75, 3.05) is 11.9 Å². The van der Waals surface area contributed by atoms with Crippen molar-refractivity contribution < 1.29 is 4.74 Å². The Kier molecular flexibility index (Phi) is 6.45. The van der Waals surface area contributed by atoms with E-state index in [1.54, 1.807) is 18.5 Å². The van der Waals surface area contributed by atoms with E-state index in [-0.39, 0.29) is 6.04 Å². The van der Waals surface area contributed by atoms with Crippen LogP contribution < -0.4 is 10.1 Å². The van der Waals surface area contributed by atoms with Crippen molar-refractivity contribution in [2.45, 2.75) is 57.2 Å². The number of para-hydroxylation sites is 1. The Morgan fingerprint density at radius 1 is 1.03 bits per heavy atom. The molecule has 2 aromatic heterocycles. The van der Waals surface area contributed by atoms with Crippen LogP contribution in [0, 0.1) is 11.3 Å². The molecule has 0 radical (unpaired) electrons. The number of rotatable bonds is 7. The van der Waals surface area contributed by atoms with Crippen LogP contribution in [-0.4, -0.2) is 32.5 Å². The highest BCUT2D eigenvalue weighted by molar-refractivity contribution is 5.52. The molecule has 0 bridgehead atoms. The fourth-order valence-corrected chi connectivity index (χ4v) is 4.79. The van der Waals surface area contributed by atoms with Crippen molar-refractivity contribution in [1.29, 1.82) is 5.26 Å². The van der Waals surface area contributed by atoms with E-state index in [1.165, 1.54) is 18.4 Å². The van der Waals surface area contributed by atoms with Gasteiger partial charge in [0.05, 0.1) is 29.7 Å². The molecule has 1 aromatic carbocycles. The third-order valence-corrected chi connectivity index (χ3v) is 6.46. The molecule has 1 aliphatic carbocycles. The maximum atomic E-state index is 8.92. The average Bonchev–Trinajstić information content (AvgIpc) is 3.53. The molecule has 2 aliphatic rings. The van der Waals surface area contributed by atoms with Gasteiger partial charge in [0.15, 0.2) is 0 Å². The normalized spacial score (nSPS) is 18.8. The number of benzene rings is 1. The summed E-state index contributed by atoms with van der Waals surface area (Å²) >= 11 is 0. The average molecular weight is 441 g/mol. The van der Waals surface area contributed by atoms with Crippen LogP contribution in [-0.2, 0) is 6.54 Å². The molecule has 1 unspecified atom stereocenters. The minimum Gasteiger partial charge on any atom is -0.490 e. The maximum Gasteiger partial charge on any atom is 0.227 e.